The molecule has 220 valence electrons. The highest BCUT2D eigenvalue weighted by Gasteiger charge is 2.31. The number of hydrogen-bond donors (Lipinski definition) is 1. The van der Waals surface area contributed by atoms with Crippen molar-refractivity contribution >= 4 is 28.9 Å². The van der Waals surface area contributed by atoms with Crippen molar-refractivity contribution in [3.05, 3.63) is 71.7 Å². The Morgan fingerprint density at radius 2 is 1.86 bits per heavy atom. The molecule has 0 saturated carbocycles. The van der Waals surface area contributed by atoms with Gasteiger partial charge in [-0.1, -0.05) is 18.2 Å². The minimum Gasteiger partial charge on any atom is -0.497 e. The van der Waals surface area contributed by atoms with Crippen molar-refractivity contribution in [3.8, 4) is 16.9 Å². The molecule has 2 aromatic carbocycles. The molecule has 0 spiro atoms. The van der Waals surface area contributed by atoms with Crippen molar-refractivity contribution in [2.45, 2.75) is 45.4 Å². The molecule has 0 bridgehead atoms. The summed E-state index contributed by atoms with van der Waals surface area (Å²) in [5.41, 5.74) is 2.11. The van der Waals surface area contributed by atoms with E-state index in [0.717, 1.165) is 11.3 Å². The van der Waals surface area contributed by atoms with Gasteiger partial charge in [-0.25, -0.2) is 23.6 Å². The first-order chi connectivity index (χ1) is 20.1. The lowest BCUT2D eigenvalue weighted by atomic mass is 10.0. The summed E-state index contributed by atoms with van der Waals surface area (Å²) in [6, 6.07) is 13.8. The van der Waals surface area contributed by atoms with E-state index in [-0.39, 0.29) is 17.7 Å². The quantitative estimate of drug-likeness (QED) is 0.288. The van der Waals surface area contributed by atoms with Gasteiger partial charge in [-0.15, -0.1) is 0 Å². The fraction of sp³-hybridized carbons (Fsp3) is 0.355. The van der Waals surface area contributed by atoms with E-state index in [4.69, 9.17) is 19.3 Å². The Hall–Kier alpha value is -4.67. The highest BCUT2D eigenvalue weighted by molar-refractivity contribution is 6.01. The molecule has 10 nitrogen and oxygen atoms in total. The number of nitrogens with zero attached hydrogens (tertiary/aromatic N) is 4. The Labute approximate surface area is 243 Å². The minimum absolute atomic E-state index is 0.0865. The minimum atomic E-state index is -0.746. The summed E-state index contributed by atoms with van der Waals surface area (Å²) in [4.78, 5) is 31.0. The first-order valence-corrected chi connectivity index (χ1v) is 13.7. The molecule has 0 aliphatic carbocycles. The molecule has 1 aliphatic rings. The lowest BCUT2D eigenvalue weighted by molar-refractivity contribution is 0.0293. The Balaban J connectivity index is 1.52. The Kier molecular flexibility index (Phi) is 8.02. The van der Waals surface area contributed by atoms with Crippen LogP contribution in [-0.2, 0) is 16.0 Å². The van der Waals surface area contributed by atoms with Gasteiger partial charge >= 0.3 is 12.1 Å². The van der Waals surface area contributed by atoms with E-state index in [9.17, 15) is 14.0 Å². The van der Waals surface area contributed by atoms with Gasteiger partial charge in [-0.3, -0.25) is 0 Å². The van der Waals surface area contributed by atoms with E-state index >= 15 is 0 Å². The molecule has 11 heteroatoms. The van der Waals surface area contributed by atoms with Crippen molar-refractivity contribution in [2.24, 2.45) is 0 Å². The molecule has 2 aromatic heterocycles. The number of carbonyl (C=O) groups is 2. The van der Waals surface area contributed by atoms with Crippen LogP contribution in [0.3, 0.4) is 0 Å². The van der Waals surface area contributed by atoms with Crippen LogP contribution in [0.1, 0.15) is 43.1 Å². The standard InChI is InChI=1S/C31H34FN5O5/c1-31(2,3)42-30(39)36-15-13-21(18-36)34-27-26-23(20-8-11-24(25(32)16-20)29(38)41-5)12-14-33-28(26)37(35-27)17-19-6-9-22(40-4)10-7-19/h6-12,14,16,21H,13,15,17-18H2,1-5H3,(H,34,35)/t21-/m1/s1. The van der Waals surface area contributed by atoms with Gasteiger partial charge in [0.15, 0.2) is 11.5 Å². The molecule has 42 heavy (non-hydrogen) atoms. The van der Waals surface area contributed by atoms with Crippen molar-refractivity contribution in [2.75, 3.05) is 32.6 Å². The van der Waals surface area contributed by atoms with Crippen LogP contribution in [0.15, 0.2) is 54.7 Å². The zero-order chi connectivity index (χ0) is 30.0. The molecular weight excluding hydrogens is 541 g/mol. The van der Waals surface area contributed by atoms with Crippen LogP contribution in [0.25, 0.3) is 22.2 Å². The number of fused-ring (bicyclic) bond motifs is 1. The monoisotopic (exact) mass is 575 g/mol. The molecule has 1 fully saturated rings. The Morgan fingerprint density at radius 1 is 1.10 bits per heavy atom. The maximum absolute atomic E-state index is 15.0. The zero-order valence-corrected chi connectivity index (χ0v) is 24.3. The summed E-state index contributed by atoms with van der Waals surface area (Å²) in [5.74, 6) is -0.118. The average molecular weight is 576 g/mol. The van der Waals surface area contributed by atoms with Crippen LogP contribution >= 0.6 is 0 Å². The van der Waals surface area contributed by atoms with Gasteiger partial charge in [0, 0.05) is 25.3 Å². The predicted octanol–water partition coefficient (Wildman–Crippen LogP) is 5.50. The van der Waals surface area contributed by atoms with Crippen LogP contribution in [-0.4, -0.2) is 70.7 Å². The molecule has 3 heterocycles. The lowest BCUT2D eigenvalue weighted by Gasteiger charge is -2.24. The number of rotatable bonds is 7. The van der Waals surface area contributed by atoms with Gasteiger partial charge in [-0.05, 0) is 74.2 Å². The van der Waals surface area contributed by atoms with E-state index in [1.165, 1.54) is 19.2 Å². The van der Waals surface area contributed by atoms with Gasteiger partial charge in [0.2, 0.25) is 0 Å². The van der Waals surface area contributed by atoms with Gasteiger partial charge in [-0.2, -0.15) is 5.10 Å². The second-order valence-corrected chi connectivity index (χ2v) is 11.2. The van der Waals surface area contributed by atoms with Gasteiger partial charge in [0.25, 0.3) is 0 Å². The maximum atomic E-state index is 15.0. The van der Waals surface area contributed by atoms with Crippen LogP contribution in [0.5, 0.6) is 5.75 Å². The summed E-state index contributed by atoms with van der Waals surface area (Å²) in [7, 11) is 2.83. The third-order valence-electron chi connectivity index (χ3n) is 6.99. The highest BCUT2D eigenvalue weighted by atomic mass is 19.1. The number of halogens is 1. The zero-order valence-electron chi connectivity index (χ0n) is 24.3. The van der Waals surface area contributed by atoms with Crippen LogP contribution in [0.4, 0.5) is 15.0 Å². The number of amides is 1. The smallest absolute Gasteiger partial charge is 0.410 e. The van der Waals surface area contributed by atoms with E-state index in [1.807, 2.05) is 45.0 Å². The number of benzene rings is 2. The summed E-state index contributed by atoms with van der Waals surface area (Å²) < 4.78 is 32.3. The van der Waals surface area contributed by atoms with E-state index in [2.05, 4.69) is 10.3 Å². The number of nitrogens with one attached hydrogen (secondary N) is 1. The number of methoxy groups -OCH3 is 2. The molecule has 5 rings (SSSR count). The Bertz CT molecular complexity index is 1610. The number of carbonyl (C=O) groups excluding carboxylic acids is 2. The number of pyridine rings is 1. The van der Waals surface area contributed by atoms with E-state index in [0.29, 0.717) is 54.0 Å². The average Bonchev–Trinajstić information content (AvgIpc) is 3.57. The first kappa shape index (κ1) is 28.8. The fourth-order valence-corrected chi connectivity index (χ4v) is 4.98. The molecule has 1 N–H and O–H groups in total. The number of likely N-dealkylation sites (tertiary alicyclic amines) is 1. The van der Waals surface area contributed by atoms with E-state index in [1.54, 1.807) is 35.0 Å². The predicted molar refractivity (Wildman–Crippen MR) is 156 cm³/mol. The molecule has 4 aromatic rings. The summed E-state index contributed by atoms with van der Waals surface area (Å²) in [5, 5.41) is 9.11. The molecule has 1 saturated heterocycles. The van der Waals surface area contributed by atoms with Crippen molar-refractivity contribution in [3.63, 3.8) is 0 Å². The first-order valence-electron chi connectivity index (χ1n) is 13.7. The second kappa shape index (κ2) is 11.7. The number of aromatic nitrogens is 3. The van der Waals surface area contributed by atoms with Crippen LogP contribution in [0.2, 0.25) is 0 Å². The fourth-order valence-electron chi connectivity index (χ4n) is 4.98. The molecule has 1 amide bonds. The number of esters is 1. The number of hydrogen-bond acceptors (Lipinski definition) is 8. The number of ether oxygens (including phenoxy) is 3. The molecular formula is C31H34FN5O5. The van der Waals surface area contributed by atoms with Crippen LogP contribution in [0, 0.1) is 5.82 Å². The summed E-state index contributed by atoms with van der Waals surface area (Å²) in [6.07, 6.45) is 1.99. The van der Waals surface area contributed by atoms with Crippen molar-refractivity contribution < 1.29 is 28.2 Å². The third-order valence-corrected chi connectivity index (χ3v) is 6.99. The van der Waals surface area contributed by atoms with Gasteiger partial charge in [0.05, 0.1) is 31.7 Å². The maximum Gasteiger partial charge on any atom is 0.410 e. The normalized spacial score (nSPS) is 15.1. The summed E-state index contributed by atoms with van der Waals surface area (Å²) in [6.45, 7) is 6.94. The SMILES string of the molecule is COC(=O)c1ccc(-c2ccnc3c2c(N[C@@H]2CCN(C(=O)OC(C)(C)C)C2)nn3Cc2ccc(OC)cc2)cc1F. The van der Waals surface area contributed by atoms with Gasteiger partial charge < -0.3 is 24.4 Å². The third kappa shape index (κ3) is 6.14. The summed E-state index contributed by atoms with van der Waals surface area (Å²) >= 11 is 0. The van der Waals surface area contributed by atoms with Gasteiger partial charge in [0.1, 0.15) is 17.2 Å². The molecule has 1 atom stereocenters. The van der Waals surface area contributed by atoms with E-state index < -0.39 is 17.4 Å². The number of anilines is 1. The lowest BCUT2D eigenvalue weighted by Crippen LogP contribution is -2.36. The highest BCUT2D eigenvalue weighted by Crippen LogP contribution is 2.35. The molecule has 0 unspecified atom stereocenters. The van der Waals surface area contributed by atoms with Crippen LogP contribution < -0.4 is 10.1 Å². The Morgan fingerprint density at radius 3 is 2.52 bits per heavy atom. The molecule has 0 radical (unpaired) electrons. The molecule has 1 aliphatic heterocycles. The largest absolute Gasteiger partial charge is 0.497 e. The topological polar surface area (TPSA) is 108 Å². The van der Waals surface area contributed by atoms with Crippen molar-refractivity contribution in [1.29, 1.82) is 0 Å². The van der Waals surface area contributed by atoms with Crippen molar-refractivity contribution in [1.82, 2.24) is 19.7 Å². The second-order valence-electron chi connectivity index (χ2n) is 11.2.